The minimum absolute atomic E-state index is 0.134. The average molecular weight is 217 g/mol. The van der Waals surface area contributed by atoms with Gasteiger partial charge in [0.15, 0.2) is 0 Å². The van der Waals surface area contributed by atoms with Crippen LogP contribution < -0.4 is 5.32 Å². The molecule has 4 heteroatoms. The second-order valence-electron chi connectivity index (χ2n) is 5.71. The Morgan fingerprint density at radius 3 is 2.33 bits per heavy atom. The van der Waals surface area contributed by atoms with Gasteiger partial charge in [0.25, 0.3) is 0 Å². The van der Waals surface area contributed by atoms with Crippen molar-refractivity contribution in [1.82, 2.24) is 5.32 Å². The highest BCUT2D eigenvalue weighted by Crippen LogP contribution is 2.33. The van der Waals surface area contributed by atoms with Crippen LogP contribution in [0.2, 0.25) is 0 Å². The Morgan fingerprint density at radius 2 is 1.93 bits per heavy atom. The molecule has 0 aromatic carbocycles. The van der Waals surface area contributed by atoms with Crippen LogP contribution >= 0.6 is 0 Å². The number of nitrogens with one attached hydrogen (secondary N) is 1. The van der Waals surface area contributed by atoms with Gasteiger partial charge in [-0.3, -0.25) is 0 Å². The molecule has 0 spiro atoms. The number of aliphatic hydroxyl groups excluding tert-OH is 1. The Balaban J connectivity index is 2.85. The predicted molar refractivity (Wildman–Crippen MR) is 58.7 cm³/mol. The van der Waals surface area contributed by atoms with Gasteiger partial charge in [0.05, 0.1) is 24.9 Å². The van der Waals surface area contributed by atoms with Crippen molar-refractivity contribution in [2.45, 2.75) is 51.5 Å². The van der Waals surface area contributed by atoms with Crippen molar-refractivity contribution in [3.05, 3.63) is 0 Å². The Hall–Kier alpha value is -0.160. The molecule has 0 aliphatic carbocycles. The largest absolute Gasteiger partial charge is 0.389 e. The van der Waals surface area contributed by atoms with Gasteiger partial charge < -0.3 is 20.3 Å². The van der Waals surface area contributed by atoms with Crippen molar-refractivity contribution in [2.24, 2.45) is 5.41 Å². The smallest absolute Gasteiger partial charge is 0.103 e. The van der Waals surface area contributed by atoms with Gasteiger partial charge in [-0.05, 0) is 19.4 Å². The summed E-state index contributed by atoms with van der Waals surface area (Å²) in [4.78, 5) is 0. The molecule has 0 aromatic rings. The van der Waals surface area contributed by atoms with E-state index >= 15 is 0 Å². The lowest BCUT2D eigenvalue weighted by Gasteiger charge is -2.48. The van der Waals surface area contributed by atoms with Crippen LogP contribution in [-0.4, -0.2) is 47.7 Å². The highest BCUT2D eigenvalue weighted by molar-refractivity contribution is 5.01. The van der Waals surface area contributed by atoms with E-state index in [0.717, 1.165) is 0 Å². The van der Waals surface area contributed by atoms with Crippen molar-refractivity contribution in [3.8, 4) is 0 Å². The van der Waals surface area contributed by atoms with Crippen LogP contribution in [0.5, 0.6) is 0 Å². The lowest BCUT2D eigenvalue weighted by molar-refractivity contribution is -0.207. The quantitative estimate of drug-likeness (QED) is 0.584. The second kappa shape index (κ2) is 4.01. The maximum absolute atomic E-state index is 10.2. The Bertz CT molecular complexity index is 220. The van der Waals surface area contributed by atoms with Crippen LogP contribution in [0.1, 0.15) is 27.7 Å². The van der Waals surface area contributed by atoms with E-state index < -0.39 is 11.7 Å². The molecule has 15 heavy (non-hydrogen) atoms. The van der Waals surface area contributed by atoms with E-state index in [1.165, 1.54) is 0 Å². The Morgan fingerprint density at radius 1 is 1.40 bits per heavy atom. The molecule has 1 aliphatic rings. The zero-order valence-corrected chi connectivity index (χ0v) is 10.2. The van der Waals surface area contributed by atoms with Crippen molar-refractivity contribution < 1.29 is 14.9 Å². The van der Waals surface area contributed by atoms with Gasteiger partial charge in [-0.15, -0.1) is 0 Å². The summed E-state index contributed by atoms with van der Waals surface area (Å²) in [6.45, 7) is 7.99. The molecule has 1 fully saturated rings. The molecule has 0 saturated carbocycles. The fourth-order valence-electron chi connectivity index (χ4n) is 2.23. The predicted octanol–water partition coefficient (Wildman–Crippen LogP) is 0.131. The maximum atomic E-state index is 10.2. The van der Waals surface area contributed by atoms with E-state index in [0.29, 0.717) is 0 Å². The molecule has 3 N–H and O–H groups in total. The highest BCUT2D eigenvalue weighted by Gasteiger charge is 2.48. The first-order chi connectivity index (χ1) is 6.70. The molecule has 4 nitrogen and oxygen atoms in total. The molecule has 0 radical (unpaired) electrons. The topological polar surface area (TPSA) is 61.7 Å². The van der Waals surface area contributed by atoms with Crippen molar-refractivity contribution in [1.29, 1.82) is 0 Å². The second-order valence-corrected chi connectivity index (χ2v) is 5.71. The van der Waals surface area contributed by atoms with Crippen molar-refractivity contribution in [3.63, 3.8) is 0 Å². The van der Waals surface area contributed by atoms with E-state index in [2.05, 4.69) is 5.32 Å². The summed E-state index contributed by atoms with van der Waals surface area (Å²) in [7, 11) is 1.74. The number of hydrogen-bond donors (Lipinski definition) is 3. The van der Waals surface area contributed by atoms with Gasteiger partial charge in [-0.2, -0.15) is 0 Å². The van der Waals surface area contributed by atoms with E-state index in [1.54, 1.807) is 14.0 Å². The monoisotopic (exact) mass is 217 g/mol. The number of hydrogen-bond acceptors (Lipinski definition) is 4. The van der Waals surface area contributed by atoms with Crippen LogP contribution in [0.15, 0.2) is 0 Å². The molecular weight excluding hydrogens is 194 g/mol. The molecule has 1 heterocycles. The maximum Gasteiger partial charge on any atom is 0.103 e. The van der Waals surface area contributed by atoms with Crippen LogP contribution in [0, 0.1) is 5.41 Å². The minimum Gasteiger partial charge on any atom is -0.389 e. The standard InChI is InChI=1S/C11H23NO3/c1-10(2,3)9-7(13)8(12-5)11(4,14)6-15-9/h7-9,12-14H,6H2,1-5H3/t7?,8?,9?,11-/m0/s1. The summed E-state index contributed by atoms with van der Waals surface area (Å²) in [5.41, 5.74) is -1.15. The van der Waals surface area contributed by atoms with Crippen molar-refractivity contribution >= 4 is 0 Å². The molecule has 3 unspecified atom stereocenters. The molecule has 0 bridgehead atoms. The molecule has 4 atom stereocenters. The molecular formula is C11H23NO3. The summed E-state index contributed by atoms with van der Waals surface area (Å²) in [5.74, 6) is 0. The number of ether oxygens (including phenoxy) is 1. The van der Waals surface area contributed by atoms with Gasteiger partial charge in [0.2, 0.25) is 0 Å². The number of likely N-dealkylation sites (N-methyl/N-ethyl adjacent to an activating group) is 1. The first-order valence-corrected chi connectivity index (χ1v) is 5.39. The molecule has 0 aromatic heterocycles. The summed E-state index contributed by atoms with van der Waals surface area (Å²) in [5, 5.41) is 23.2. The van der Waals surface area contributed by atoms with E-state index in [4.69, 9.17) is 4.74 Å². The van der Waals surface area contributed by atoms with Gasteiger partial charge in [-0.25, -0.2) is 0 Å². The van der Waals surface area contributed by atoms with Gasteiger partial charge in [0, 0.05) is 0 Å². The summed E-state index contributed by atoms with van der Waals surface area (Å²) >= 11 is 0. The lowest BCUT2D eigenvalue weighted by atomic mass is 9.77. The molecule has 90 valence electrons. The Kier molecular flexibility index (Phi) is 3.45. The fraction of sp³-hybridized carbons (Fsp3) is 1.00. The van der Waals surface area contributed by atoms with Crippen molar-refractivity contribution in [2.75, 3.05) is 13.7 Å². The fourth-order valence-corrected chi connectivity index (χ4v) is 2.23. The van der Waals surface area contributed by atoms with Gasteiger partial charge in [-0.1, -0.05) is 20.8 Å². The molecule has 0 amide bonds. The zero-order valence-electron chi connectivity index (χ0n) is 10.2. The third-order valence-electron chi connectivity index (χ3n) is 3.04. The van der Waals surface area contributed by atoms with Crippen LogP contribution in [-0.2, 0) is 4.74 Å². The zero-order chi connectivity index (χ0) is 11.9. The number of rotatable bonds is 1. The number of aliphatic hydroxyl groups is 2. The highest BCUT2D eigenvalue weighted by atomic mass is 16.5. The van der Waals surface area contributed by atoms with Crippen LogP contribution in [0.3, 0.4) is 0 Å². The van der Waals surface area contributed by atoms with E-state index in [1.807, 2.05) is 20.8 Å². The molecule has 1 aliphatic heterocycles. The average Bonchev–Trinajstić information content (AvgIpc) is 2.00. The minimum atomic E-state index is -1.02. The summed E-state index contributed by atoms with van der Waals surface area (Å²) < 4.78 is 5.56. The summed E-state index contributed by atoms with van der Waals surface area (Å²) in [6, 6.07) is -0.351. The van der Waals surface area contributed by atoms with Crippen LogP contribution in [0.4, 0.5) is 0 Å². The summed E-state index contributed by atoms with van der Waals surface area (Å²) in [6.07, 6.45) is -0.950. The third-order valence-corrected chi connectivity index (χ3v) is 3.04. The van der Waals surface area contributed by atoms with E-state index in [9.17, 15) is 10.2 Å². The molecule has 1 rings (SSSR count). The Labute approximate surface area is 91.6 Å². The lowest BCUT2D eigenvalue weighted by Crippen LogP contribution is -2.66. The third kappa shape index (κ3) is 2.50. The normalized spacial score (nSPS) is 43.0. The van der Waals surface area contributed by atoms with Crippen LogP contribution in [0.25, 0.3) is 0 Å². The van der Waals surface area contributed by atoms with Gasteiger partial charge >= 0.3 is 0 Å². The first kappa shape index (κ1) is 12.9. The first-order valence-electron chi connectivity index (χ1n) is 5.39. The van der Waals surface area contributed by atoms with Gasteiger partial charge in [0.1, 0.15) is 5.60 Å². The van der Waals surface area contributed by atoms with E-state index in [-0.39, 0.29) is 24.2 Å². The SMILES string of the molecule is CNC1C(O)C(C(C)(C)C)OC[C@]1(C)O. The molecule has 1 saturated heterocycles.